The minimum atomic E-state index is -1.41. The van der Waals surface area contributed by atoms with E-state index in [0.717, 1.165) is 12.2 Å². The summed E-state index contributed by atoms with van der Waals surface area (Å²) in [6.45, 7) is 8.84. The fourth-order valence-electron chi connectivity index (χ4n) is 5.04. The van der Waals surface area contributed by atoms with E-state index in [1.54, 1.807) is 58.0 Å². The number of carbonyl (C=O) groups is 10. The highest BCUT2D eigenvalue weighted by Crippen LogP contribution is 2.11. The quantitative estimate of drug-likeness (QED) is 0.0483. The van der Waals surface area contributed by atoms with E-state index in [1.807, 2.05) is 0 Å². The van der Waals surface area contributed by atoms with Gasteiger partial charge in [0.05, 0.1) is 6.54 Å². The molecule has 0 spiro atoms. The summed E-state index contributed by atoms with van der Waals surface area (Å²) in [5.41, 5.74) is 11.3. The summed E-state index contributed by atoms with van der Waals surface area (Å²) >= 11 is 0. The maximum absolute atomic E-state index is 13.4. The van der Waals surface area contributed by atoms with Crippen LogP contribution in [0, 0.1) is 11.8 Å². The Morgan fingerprint density at radius 2 is 1.23 bits per heavy atom. The first-order chi connectivity index (χ1) is 26.7. The predicted octanol–water partition coefficient (Wildman–Crippen LogP) is -2.61. The molecule has 7 atom stereocenters. The van der Waals surface area contributed by atoms with Crippen LogP contribution in [0.5, 0.6) is 0 Å². The van der Waals surface area contributed by atoms with Crippen molar-refractivity contribution in [2.75, 3.05) is 6.54 Å². The zero-order chi connectivity index (χ0) is 43.4. The van der Waals surface area contributed by atoms with Crippen LogP contribution in [0.15, 0.2) is 42.5 Å². The molecule has 0 radical (unpaired) electrons. The summed E-state index contributed by atoms with van der Waals surface area (Å²) in [7, 11) is 0. The van der Waals surface area contributed by atoms with Gasteiger partial charge in [-0.25, -0.2) is 4.79 Å². The van der Waals surface area contributed by atoms with E-state index in [1.165, 1.54) is 13.8 Å². The molecule has 20 nitrogen and oxygen atoms in total. The number of primary amides is 2. The van der Waals surface area contributed by atoms with Gasteiger partial charge in [0.15, 0.2) is 0 Å². The molecule has 0 aliphatic rings. The maximum Gasteiger partial charge on any atom is 0.326 e. The molecule has 0 heterocycles. The topological polar surface area (TPSA) is 327 Å². The molecule has 0 aliphatic carbocycles. The smallest absolute Gasteiger partial charge is 0.326 e. The molecule has 0 aromatic heterocycles. The molecule has 7 unspecified atom stereocenters. The largest absolute Gasteiger partial charge is 0.480 e. The Hall–Kier alpha value is -6.34. The highest BCUT2D eigenvalue weighted by molar-refractivity contribution is 6.01. The second-order valence-corrected chi connectivity index (χ2v) is 13.7. The molecule has 9 amide bonds. The van der Waals surface area contributed by atoms with Crippen molar-refractivity contribution in [1.82, 2.24) is 37.2 Å². The predicted molar refractivity (Wildman–Crippen MR) is 205 cm³/mol. The average Bonchev–Trinajstić information content (AvgIpc) is 3.14. The molecule has 12 N–H and O–H groups in total. The van der Waals surface area contributed by atoms with E-state index in [-0.39, 0.29) is 25.2 Å². The van der Waals surface area contributed by atoms with E-state index < -0.39 is 108 Å². The summed E-state index contributed by atoms with van der Waals surface area (Å²) in [6, 6.07) is 1.38. The van der Waals surface area contributed by atoms with Gasteiger partial charge in [-0.2, -0.15) is 0 Å². The Balaban J connectivity index is 2.86. The minimum absolute atomic E-state index is 0.00993. The van der Waals surface area contributed by atoms with Crippen molar-refractivity contribution in [2.45, 2.75) is 103 Å². The van der Waals surface area contributed by atoms with Crippen LogP contribution in [-0.2, 0) is 54.4 Å². The van der Waals surface area contributed by atoms with Gasteiger partial charge >= 0.3 is 5.97 Å². The van der Waals surface area contributed by atoms with E-state index in [0.29, 0.717) is 12.0 Å². The standard InChI is InChI=1S/C37H55N9O11/c1-7-20(4)31(36(55)42-22(6)34(53)45-30(19(2)3)32(39)51)46-35(54)24(13-14-26(38)47)43-28(49)16-15-27(48)41-21(5)33(52)40-18-29(50)44-25(37(56)57)17-23-11-9-8-10-12-23/h8-12,15-16,19-22,24-25,30-31H,7,13-14,17-18H2,1-6H3,(H2,38,47)(H2,39,51)(H,40,52)(H,41,48)(H,42,55)(H,43,49)(H,44,50)(H,45,53)(H,46,54)(H,56,57). The van der Waals surface area contributed by atoms with Crippen LogP contribution in [0.3, 0.4) is 0 Å². The van der Waals surface area contributed by atoms with Crippen molar-refractivity contribution in [1.29, 1.82) is 0 Å². The van der Waals surface area contributed by atoms with Gasteiger partial charge in [0.25, 0.3) is 0 Å². The van der Waals surface area contributed by atoms with Gasteiger partial charge in [-0.05, 0) is 37.7 Å². The van der Waals surface area contributed by atoms with Gasteiger partial charge in [0.1, 0.15) is 36.3 Å². The first-order valence-corrected chi connectivity index (χ1v) is 18.3. The van der Waals surface area contributed by atoms with Crippen LogP contribution >= 0.6 is 0 Å². The summed E-state index contributed by atoms with van der Waals surface area (Å²) in [4.78, 5) is 124. The Morgan fingerprint density at radius 3 is 1.75 bits per heavy atom. The number of carboxylic acid groups (broad SMARTS) is 1. The first kappa shape index (κ1) is 48.7. The molecule has 0 saturated heterocycles. The lowest BCUT2D eigenvalue weighted by Gasteiger charge is -2.28. The number of hydrogen-bond donors (Lipinski definition) is 10. The fourth-order valence-corrected chi connectivity index (χ4v) is 5.04. The monoisotopic (exact) mass is 801 g/mol. The van der Waals surface area contributed by atoms with Gasteiger partial charge in [-0.3, -0.25) is 43.2 Å². The van der Waals surface area contributed by atoms with Crippen LogP contribution in [0.2, 0.25) is 0 Å². The number of benzene rings is 1. The molecule has 0 bridgehead atoms. The molecule has 1 aromatic rings. The van der Waals surface area contributed by atoms with Crippen molar-refractivity contribution in [3.05, 3.63) is 48.0 Å². The van der Waals surface area contributed by atoms with E-state index >= 15 is 0 Å². The second kappa shape index (κ2) is 24.2. The molecule has 57 heavy (non-hydrogen) atoms. The van der Waals surface area contributed by atoms with Gasteiger partial charge < -0.3 is 53.8 Å². The zero-order valence-corrected chi connectivity index (χ0v) is 32.9. The summed E-state index contributed by atoms with van der Waals surface area (Å²) in [5.74, 6) is -9.40. The SMILES string of the molecule is CCC(C)C(NC(=O)C(CCC(N)=O)NC(=O)C=CC(=O)NC(C)C(=O)NCC(=O)NC(Cc1ccccc1)C(=O)O)C(=O)NC(C)C(=O)NC(C(N)=O)C(C)C. The van der Waals surface area contributed by atoms with Crippen LogP contribution in [0.4, 0.5) is 0 Å². The molecule has 314 valence electrons. The lowest BCUT2D eigenvalue weighted by Crippen LogP contribution is -2.59. The van der Waals surface area contributed by atoms with Crippen LogP contribution in [0.25, 0.3) is 0 Å². The van der Waals surface area contributed by atoms with Crippen molar-refractivity contribution in [2.24, 2.45) is 23.3 Å². The molecule has 0 saturated carbocycles. The molecule has 0 fully saturated rings. The first-order valence-electron chi connectivity index (χ1n) is 18.3. The van der Waals surface area contributed by atoms with Gasteiger partial charge in [0, 0.05) is 25.0 Å². The number of carboxylic acids is 1. The normalized spacial score (nSPS) is 14.6. The lowest BCUT2D eigenvalue weighted by atomic mass is 9.97. The highest BCUT2D eigenvalue weighted by Gasteiger charge is 2.32. The zero-order valence-electron chi connectivity index (χ0n) is 32.9. The van der Waals surface area contributed by atoms with E-state index in [4.69, 9.17) is 11.5 Å². The molecule has 1 aromatic carbocycles. The number of rotatable bonds is 24. The van der Waals surface area contributed by atoms with Crippen LogP contribution < -0.4 is 48.7 Å². The summed E-state index contributed by atoms with van der Waals surface area (Å²) in [5, 5.41) is 26.2. The lowest BCUT2D eigenvalue weighted by molar-refractivity contribution is -0.141. The molecule has 0 aliphatic heterocycles. The van der Waals surface area contributed by atoms with Crippen molar-refractivity contribution < 1.29 is 53.1 Å². The average molecular weight is 802 g/mol. The molecule has 20 heteroatoms. The number of aliphatic carboxylic acids is 1. The number of nitrogens with one attached hydrogen (secondary N) is 7. The minimum Gasteiger partial charge on any atom is -0.480 e. The third kappa shape index (κ3) is 18.2. The molecular formula is C37H55N9O11. The molecule has 1 rings (SSSR count). The van der Waals surface area contributed by atoms with Gasteiger partial charge in [-0.15, -0.1) is 0 Å². The molecular weight excluding hydrogens is 746 g/mol. The highest BCUT2D eigenvalue weighted by atomic mass is 16.4. The van der Waals surface area contributed by atoms with Crippen molar-refractivity contribution >= 4 is 59.1 Å². The third-order valence-corrected chi connectivity index (χ3v) is 8.61. The Labute approximate surface area is 330 Å². The maximum atomic E-state index is 13.4. The van der Waals surface area contributed by atoms with Gasteiger partial charge in [-0.1, -0.05) is 64.4 Å². The van der Waals surface area contributed by atoms with Crippen molar-refractivity contribution in [3.63, 3.8) is 0 Å². The third-order valence-electron chi connectivity index (χ3n) is 8.61. The van der Waals surface area contributed by atoms with E-state index in [2.05, 4.69) is 37.2 Å². The summed E-state index contributed by atoms with van der Waals surface area (Å²) < 4.78 is 0. The Morgan fingerprint density at radius 1 is 0.667 bits per heavy atom. The Bertz CT molecular complexity index is 1650. The summed E-state index contributed by atoms with van der Waals surface area (Å²) in [6.07, 6.45) is 1.30. The number of carbonyl (C=O) groups excluding carboxylic acids is 9. The van der Waals surface area contributed by atoms with Gasteiger partial charge in [0.2, 0.25) is 53.2 Å². The van der Waals surface area contributed by atoms with Crippen molar-refractivity contribution in [3.8, 4) is 0 Å². The second-order valence-electron chi connectivity index (χ2n) is 13.7. The number of hydrogen-bond acceptors (Lipinski definition) is 10. The van der Waals surface area contributed by atoms with E-state index in [9.17, 15) is 53.1 Å². The van der Waals surface area contributed by atoms with Crippen LogP contribution in [0.1, 0.15) is 66.4 Å². The van der Waals surface area contributed by atoms with Crippen LogP contribution in [-0.4, -0.2) is 107 Å². The number of nitrogens with two attached hydrogens (primary N) is 2. The number of amides is 9. The Kier molecular flexibility index (Phi) is 20.7. The fraction of sp³-hybridized carbons (Fsp3) is 0.514.